The summed E-state index contributed by atoms with van der Waals surface area (Å²) in [7, 11) is 0. The Morgan fingerprint density at radius 3 is 2.50 bits per heavy atom. The molecule has 0 radical (unpaired) electrons. The number of aryl methyl sites for hydroxylation is 1. The first-order chi connectivity index (χ1) is 7.76. The number of unbranched alkanes of at least 4 members (excludes halogenated alkanes) is 1. The lowest BCUT2D eigenvalue weighted by Crippen LogP contribution is -1.92. The van der Waals surface area contributed by atoms with Crippen molar-refractivity contribution in [2.75, 3.05) is 0 Å². The molecule has 0 aliphatic carbocycles. The van der Waals surface area contributed by atoms with Crippen molar-refractivity contribution in [1.29, 1.82) is 0 Å². The largest absolute Gasteiger partial charge is 0.286 e. The molecular weight excluding hydrogens is 202 g/mol. The van der Waals surface area contributed by atoms with E-state index in [1.54, 1.807) is 6.08 Å². The Bertz CT molecular complexity index is 368. The zero-order valence-corrected chi connectivity index (χ0v) is 9.19. The van der Waals surface area contributed by atoms with E-state index >= 15 is 0 Å². The van der Waals surface area contributed by atoms with Gasteiger partial charge in [0.15, 0.2) is 0 Å². The van der Waals surface area contributed by atoms with Gasteiger partial charge in [-0.25, -0.2) is 0 Å². The number of nitroso groups, excluding NO2 is 1. The molecule has 1 rings (SSSR count). The Morgan fingerprint density at radius 2 is 1.94 bits per heavy atom. The van der Waals surface area contributed by atoms with Crippen molar-refractivity contribution in [3.8, 4) is 0 Å². The van der Waals surface area contributed by atoms with Gasteiger partial charge in [0.25, 0.3) is 5.91 Å². The van der Waals surface area contributed by atoms with E-state index in [4.69, 9.17) is 0 Å². The number of hydrogen-bond donors (Lipinski definition) is 0. The monoisotopic (exact) mass is 217 g/mol. The minimum absolute atomic E-state index is 0.258. The van der Waals surface area contributed by atoms with Crippen LogP contribution in [-0.2, 0) is 11.2 Å². The van der Waals surface area contributed by atoms with Gasteiger partial charge in [0.1, 0.15) is 0 Å². The number of carbonyl (C=O) groups is 1. The molecular formula is C13H15NO2. The Kier molecular flexibility index (Phi) is 5.12. The quantitative estimate of drug-likeness (QED) is 0.542. The molecule has 0 atom stereocenters. The summed E-state index contributed by atoms with van der Waals surface area (Å²) in [6.07, 6.45) is 4.60. The average molecular weight is 217 g/mol. The molecule has 0 fully saturated rings. The summed E-state index contributed by atoms with van der Waals surface area (Å²) in [5.41, 5.74) is 2.33. The highest BCUT2D eigenvalue weighted by atomic mass is 16.3. The summed E-state index contributed by atoms with van der Waals surface area (Å²) in [5.74, 6) is -0.554. The normalized spacial score (nSPS) is 9.75. The van der Waals surface area contributed by atoms with Crippen molar-refractivity contribution in [2.45, 2.75) is 25.7 Å². The molecule has 0 N–H and O–H groups in total. The third-order valence-corrected chi connectivity index (χ3v) is 2.42. The first-order valence-electron chi connectivity index (χ1n) is 5.34. The van der Waals surface area contributed by atoms with Gasteiger partial charge >= 0.3 is 0 Å². The molecule has 0 unspecified atom stereocenters. The minimum atomic E-state index is -0.554. The average Bonchev–Trinajstić information content (AvgIpc) is 2.35. The van der Waals surface area contributed by atoms with Gasteiger partial charge in [0.05, 0.1) is 0 Å². The van der Waals surface area contributed by atoms with E-state index in [2.05, 4.69) is 23.9 Å². The van der Waals surface area contributed by atoms with Crippen LogP contribution in [0.5, 0.6) is 0 Å². The molecule has 0 saturated heterocycles. The second-order valence-corrected chi connectivity index (χ2v) is 3.64. The Balaban J connectivity index is 2.29. The number of carbonyl (C=O) groups excluding carboxylic acids is 1. The lowest BCUT2D eigenvalue weighted by atomic mass is 10.1. The standard InChI is InChI=1S/C13H15NO2/c1-2-11-7-9-12(10-8-11)5-3-4-6-13(15)14-16/h2,7-10H,1,3-6H2. The maximum atomic E-state index is 10.6. The number of hydrogen-bond acceptors (Lipinski definition) is 2. The zero-order valence-electron chi connectivity index (χ0n) is 9.19. The predicted molar refractivity (Wildman–Crippen MR) is 64.9 cm³/mol. The van der Waals surface area contributed by atoms with Crippen LogP contribution in [0.1, 0.15) is 30.4 Å². The fourth-order valence-corrected chi connectivity index (χ4v) is 1.47. The summed E-state index contributed by atoms with van der Waals surface area (Å²) in [5, 5.41) is 2.36. The molecule has 0 heterocycles. The van der Waals surface area contributed by atoms with Crippen LogP contribution in [0.2, 0.25) is 0 Å². The topological polar surface area (TPSA) is 46.5 Å². The molecule has 0 aliphatic heterocycles. The van der Waals surface area contributed by atoms with Crippen molar-refractivity contribution < 1.29 is 4.79 Å². The van der Waals surface area contributed by atoms with Gasteiger partial charge < -0.3 is 0 Å². The molecule has 0 aromatic heterocycles. The molecule has 0 spiro atoms. The van der Waals surface area contributed by atoms with Gasteiger partial charge in [-0.3, -0.25) is 4.79 Å². The zero-order chi connectivity index (χ0) is 11.8. The summed E-state index contributed by atoms with van der Waals surface area (Å²) in [4.78, 5) is 20.4. The van der Waals surface area contributed by atoms with E-state index in [1.807, 2.05) is 12.1 Å². The first kappa shape index (κ1) is 12.3. The van der Waals surface area contributed by atoms with Crippen LogP contribution < -0.4 is 0 Å². The third kappa shape index (κ3) is 4.17. The molecule has 3 nitrogen and oxygen atoms in total. The van der Waals surface area contributed by atoms with Crippen molar-refractivity contribution in [3.63, 3.8) is 0 Å². The highest BCUT2D eigenvalue weighted by Crippen LogP contribution is 2.09. The number of amides is 1. The summed E-state index contributed by atoms with van der Waals surface area (Å²) in [6.45, 7) is 3.69. The van der Waals surface area contributed by atoms with Gasteiger partial charge in [0, 0.05) is 11.6 Å². The Morgan fingerprint density at radius 1 is 1.25 bits per heavy atom. The minimum Gasteiger partial charge on any atom is -0.269 e. The van der Waals surface area contributed by atoms with E-state index in [0.29, 0.717) is 6.42 Å². The SMILES string of the molecule is C=Cc1ccc(CCCCC(=O)N=O)cc1. The van der Waals surface area contributed by atoms with Crippen molar-refractivity contribution >= 4 is 12.0 Å². The highest BCUT2D eigenvalue weighted by molar-refractivity contribution is 5.76. The number of rotatable bonds is 6. The molecule has 0 bridgehead atoms. The second kappa shape index (κ2) is 6.67. The molecule has 0 aliphatic rings. The Hall–Kier alpha value is -1.77. The van der Waals surface area contributed by atoms with E-state index in [1.165, 1.54) is 5.56 Å². The van der Waals surface area contributed by atoms with Crippen molar-refractivity contribution in [3.05, 3.63) is 46.9 Å². The van der Waals surface area contributed by atoms with Crippen molar-refractivity contribution in [1.82, 2.24) is 0 Å². The number of benzene rings is 1. The van der Waals surface area contributed by atoms with Gasteiger partial charge in [-0.15, -0.1) is 4.91 Å². The molecule has 3 heteroatoms. The van der Waals surface area contributed by atoms with E-state index < -0.39 is 5.91 Å². The van der Waals surface area contributed by atoms with E-state index in [-0.39, 0.29) is 6.42 Å². The van der Waals surface area contributed by atoms with E-state index in [0.717, 1.165) is 18.4 Å². The van der Waals surface area contributed by atoms with Gasteiger partial charge in [-0.2, -0.15) is 0 Å². The molecule has 1 aromatic carbocycles. The van der Waals surface area contributed by atoms with Crippen LogP contribution >= 0.6 is 0 Å². The lowest BCUT2D eigenvalue weighted by Gasteiger charge is -2.01. The lowest BCUT2D eigenvalue weighted by molar-refractivity contribution is -0.118. The van der Waals surface area contributed by atoms with Gasteiger partial charge in [-0.05, 0) is 30.4 Å². The fraction of sp³-hybridized carbons (Fsp3) is 0.308. The molecule has 0 saturated carbocycles. The van der Waals surface area contributed by atoms with Crippen LogP contribution in [0.3, 0.4) is 0 Å². The molecule has 1 aromatic rings. The summed E-state index contributed by atoms with van der Waals surface area (Å²) >= 11 is 0. The predicted octanol–water partition coefficient (Wildman–Crippen LogP) is 3.34. The van der Waals surface area contributed by atoms with Crippen LogP contribution in [0.15, 0.2) is 36.0 Å². The molecule has 16 heavy (non-hydrogen) atoms. The summed E-state index contributed by atoms with van der Waals surface area (Å²) in [6, 6.07) is 8.13. The summed E-state index contributed by atoms with van der Waals surface area (Å²) < 4.78 is 0. The maximum Gasteiger partial charge on any atom is 0.286 e. The van der Waals surface area contributed by atoms with Crippen LogP contribution in [0, 0.1) is 4.91 Å². The third-order valence-electron chi connectivity index (χ3n) is 2.42. The first-order valence-corrected chi connectivity index (χ1v) is 5.34. The van der Waals surface area contributed by atoms with Crippen LogP contribution in [0.4, 0.5) is 0 Å². The number of nitrogens with zero attached hydrogens (tertiary/aromatic N) is 1. The molecule has 84 valence electrons. The van der Waals surface area contributed by atoms with Crippen LogP contribution in [0.25, 0.3) is 6.08 Å². The second-order valence-electron chi connectivity index (χ2n) is 3.64. The maximum absolute atomic E-state index is 10.6. The highest BCUT2D eigenvalue weighted by Gasteiger charge is 2.00. The van der Waals surface area contributed by atoms with Gasteiger partial charge in [0.2, 0.25) is 0 Å². The van der Waals surface area contributed by atoms with Gasteiger partial charge in [-0.1, -0.05) is 36.9 Å². The van der Waals surface area contributed by atoms with Crippen molar-refractivity contribution in [2.24, 2.45) is 5.18 Å². The molecule has 1 amide bonds. The van der Waals surface area contributed by atoms with Crippen LogP contribution in [-0.4, -0.2) is 5.91 Å². The van der Waals surface area contributed by atoms with E-state index in [9.17, 15) is 9.70 Å². The Labute approximate surface area is 95.2 Å². The fourth-order valence-electron chi connectivity index (χ4n) is 1.47. The smallest absolute Gasteiger partial charge is 0.269 e.